The number of rotatable bonds is 1. The third-order valence-corrected chi connectivity index (χ3v) is 5.62. The molecule has 2 saturated carbocycles. The van der Waals surface area contributed by atoms with Crippen molar-refractivity contribution in [3.05, 3.63) is 12.2 Å². The summed E-state index contributed by atoms with van der Waals surface area (Å²) < 4.78 is 0. The second-order valence-corrected chi connectivity index (χ2v) is 6.85. The van der Waals surface area contributed by atoms with E-state index in [1.54, 1.807) is 0 Å². The maximum absolute atomic E-state index is 10.6. The van der Waals surface area contributed by atoms with Crippen LogP contribution in [-0.4, -0.2) is 33.1 Å². The van der Waals surface area contributed by atoms with Gasteiger partial charge in [-0.3, -0.25) is 0 Å². The van der Waals surface area contributed by atoms with Crippen LogP contribution in [0, 0.1) is 17.3 Å². The minimum atomic E-state index is -0.791. The number of aliphatic hydroxyl groups is 3. The molecule has 0 radical (unpaired) electrons. The van der Waals surface area contributed by atoms with Gasteiger partial charge in [0.2, 0.25) is 0 Å². The van der Waals surface area contributed by atoms with Gasteiger partial charge in [0.05, 0.1) is 17.8 Å². The number of hydrogen-bond donors (Lipinski definition) is 3. The van der Waals surface area contributed by atoms with Gasteiger partial charge in [-0.1, -0.05) is 20.4 Å². The molecule has 2 fully saturated rings. The van der Waals surface area contributed by atoms with Crippen LogP contribution in [0.2, 0.25) is 0 Å². The highest BCUT2D eigenvalue weighted by Crippen LogP contribution is 2.55. The van der Waals surface area contributed by atoms with Crippen LogP contribution in [-0.2, 0) is 0 Å². The lowest BCUT2D eigenvalue weighted by molar-refractivity contribution is -0.176. The fourth-order valence-corrected chi connectivity index (χ4v) is 4.08. The number of fused-ring (bicyclic) bond motifs is 1. The second kappa shape index (κ2) is 4.32. The van der Waals surface area contributed by atoms with Crippen molar-refractivity contribution in [3.63, 3.8) is 0 Å². The van der Waals surface area contributed by atoms with Crippen molar-refractivity contribution in [3.8, 4) is 0 Å². The highest BCUT2D eigenvalue weighted by molar-refractivity contribution is 5.16. The van der Waals surface area contributed by atoms with E-state index >= 15 is 0 Å². The van der Waals surface area contributed by atoms with Gasteiger partial charge >= 0.3 is 0 Å². The average molecular weight is 254 g/mol. The largest absolute Gasteiger partial charge is 0.390 e. The van der Waals surface area contributed by atoms with Crippen LogP contribution < -0.4 is 0 Å². The van der Waals surface area contributed by atoms with Crippen molar-refractivity contribution in [1.82, 2.24) is 0 Å². The summed E-state index contributed by atoms with van der Waals surface area (Å²) in [7, 11) is 0. The van der Waals surface area contributed by atoms with E-state index < -0.39 is 17.8 Å². The van der Waals surface area contributed by atoms with E-state index in [0.717, 1.165) is 12.0 Å². The predicted molar refractivity (Wildman–Crippen MR) is 71.0 cm³/mol. The van der Waals surface area contributed by atoms with Crippen LogP contribution in [0.4, 0.5) is 0 Å². The summed E-state index contributed by atoms with van der Waals surface area (Å²) in [6.07, 6.45) is 1.35. The standard InChI is InChI=1S/C15H26O3/c1-9(2)15(18)6-5-14(4)11(8-15)10(3)7-12(16)13(14)17/h10-13,16-18H,1,5-8H2,2-4H3/t10-,11-,12-,13+,14+,15-/m0/s1. The van der Waals surface area contributed by atoms with Crippen molar-refractivity contribution in [1.29, 1.82) is 0 Å². The molecule has 0 spiro atoms. The van der Waals surface area contributed by atoms with E-state index in [2.05, 4.69) is 20.4 Å². The van der Waals surface area contributed by atoms with Crippen LogP contribution in [0.5, 0.6) is 0 Å². The molecule has 18 heavy (non-hydrogen) atoms. The van der Waals surface area contributed by atoms with Crippen LogP contribution in [0.15, 0.2) is 12.2 Å². The molecule has 2 aliphatic carbocycles. The van der Waals surface area contributed by atoms with E-state index in [0.29, 0.717) is 25.2 Å². The fraction of sp³-hybridized carbons (Fsp3) is 0.867. The minimum absolute atomic E-state index is 0.242. The van der Waals surface area contributed by atoms with Gasteiger partial charge in [0.15, 0.2) is 0 Å². The molecule has 0 saturated heterocycles. The zero-order chi connectivity index (χ0) is 13.7. The molecular weight excluding hydrogens is 228 g/mol. The van der Waals surface area contributed by atoms with Crippen LogP contribution in [0.25, 0.3) is 0 Å². The monoisotopic (exact) mass is 254 g/mol. The lowest BCUT2D eigenvalue weighted by Crippen LogP contribution is -2.58. The SMILES string of the molecule is C=C(C)[C@]1(O)CC[C@@]2(C)[C@H](O)[C@@H](O)C[C@H](C)[C@@H]2C1. The molecule has 6 atom stereocenters. The van der Waals surface area contributed by atoms with Gasteiger partial charge in [-0.25, -0.2) is 0 Å². The summed E-state index contributed by atoms with van der Waals surface area (Å²) in [6.45, 7) is 9.95. The first-order valence-corrected chi connectivity index (χ1v) is 6.95. The summed E-state index contributed by atoms with van der Waals surface area (Å²) in [5.41, 5.74) is -0.253. The first kappa shape index (κ1) is 14.0. The Labute approximate surface area is 110 Å². The minimum Gasteiger partial charge on any atom is -0.390 e. The Bertz CT molecular complexity index is 354. The Hall–Kier alpha value is -0.380. The van der Waals surface area contributed by atoms with Crippen molar-refractivity contribution in [2.75, 3.05) is 0 Å². The molecule has 2 rings (SSSR count). The first-order chi connectivity index (χ1) is 8.20. The van der Waals surface area contributed by atoms with E-state index in [1.807, 2.05) is 6.92 Å². The molecule has 0 aliphatic heterocycles. The predicted octanol–water partition coefficient (Wildman–Crippen LogP) is 1.86. The molecule has 0 heterocycles. The van der Waals surface area contributed by atoms with Crippen molar-refractivity contribution >= 4 is 0 Å². The lowest BCUT2D eigenvalue weighted by Gasteiger charge is -2.56. The molecule has 2 aliphatic rings. The van der Waals surface area contributed by atoms with Gasteiger partial charge in [-0.15, -0.1) is 0 Å². The Morgan fingerprint density at radius 3 is 2.44 bits per heavy atom. The zero-order valence-corrected chi connectivity index (χ0v) is 11.7. The third kappa shape index (κ3) is 1.93. The van der Waals surface area contributed by atoms with Gasteiger partial charge in [0, 0.05) is 0 Å². The molecule has 0 aromatic rings. The second-order valence-electron chi connectivity index (χ2n) is 6.85. The maximum atomic E-state index is 10.6. The normalized spacial score (nSPS) is 52.8. The molecule has 3 N–H and O–H groups in total. The lowest BCUT2D eigenvalue weighted by atomic mass is 9.52. The summed E-state index contributed by atoms with van der Waals surface area (Å²) in [4.78, 5) is 0. The summed E-state index contributed by atoms with van der Waals surface area (Å²) in [5.74, 6) is 0.561. The van der Waals surface area contributed by atoms with Crippen LogP contribution in [0.1, 0.15) is 46.5 Å². The third-order valence-electron chi connectivity index (χ3n) is 5.62. The van der Waals surface area contributed by atoms with E-state index in [1.165, 1.54) is 0 Å². The molecule has 0 unspecified atom stereocenters. The fourth-order valence-electron chi connectivity index (χ4n) is 4.08. The van der Waals surface area contributed by atoms with Gasteiger partial charge in [0.1, 0.15) is 0 Å². The highest BCUT2D eigenvalue weighted by atomic mass is 16.3. The quantitative estimate of drug-likeness (QED) is 0.626. The van der Waals surface area contributed by atoms with Crippen LogP contribution in [0.3, 0.4) is 0 Å². The molecule has 3 heteroatoms. The van der Waals surface area contributed by atoms with Gasteiger partial charge in [-0.05, 0) is 55.4 Å². The van der Waals surface area contributed by atoms with E-state index in [-0.39, 0.29) is 11.3 Å². The molecule has 0 aromatic heterocycles. The smallest absolute Gasteiger partial charge is 0.0855 e. The molecule has 0 bridgehead atoms. The Morgan fingerprint density at radius 1 is 1.28 bits per heavy atom. The summed E-state index contributed by atoms with van der Waals surface area (Å²) >= 11 is 0. The molecule has 0 amide bonds. The van der Waals surface area contributed by atoms with E-state index in [9.17, 15) is 15.3 Å². The van der Waals surface area contributed by atoms with Gasteiger partial charge < -0.3 is 15.3 Å². The van der Waals surface area contributed by atoms with Crippen molar-refractivity contribution in [2.24, 2.45) is 17.3 Å². The Kier molecular flexibility index (Phi) is 3.37. The highest BCUT2D eigenvalue weighted by Gasteiger charge is 2.55. The first-order valence-electron chi connectivity index (χ1n) is 6.95. The molecular formula is C15H26O3. The average Bonchev–Trinajstić information content (AvgIpc) is 2.29. The number of hydrogen-bond acceptors (Lipinski definition) is 3. The summed E-state index contributed by atoms with van der Waals surface area (Å²) in [6, 6.07) is 0. The molecule has 0 aromatic carbocycles. The maximum Gasteiger partial charge on any atom is 0.0855 e. The zero-order valence-electron chi connectivity index (χ0n) is 11.7. The number of aliphatic hydroxyl groups excluding tert-OH is 2. The topological polar surface area (TPSA) is 60.7 Å². The van der Waals surface area contributed by atoms with Gasteiger partial charge in [-0.2, -0.15) is 0 Å². The molecule has 3 nitrogen and oxygen atoms in total. The Balaban J connectivity index is 2.29. The van der Waals surface area contributed by atoms with Crippen molar-refractivity contribution in [2.45, 2.75) is 64.3 Å². The summed E-state index contributed by atoms with van der Waals surface area (Å²) in [5, 5.41) is 30.9. The van der Waals surface area contributed by atoms with Crippen LogP contribution >= 0.6 is 0 Å². The molecule has 104 valence electrons. The Morgan fingerprint density at radius 2 is 1.89 bits per heavy atom. The van der Waals surface area contributed by atoms with Crippen molar-refractivity contribution < 1.29 is 15.3 Å². The van der Waals surface area contributed by atoms with Gasteiger partial charge in [0.25, 0.3) is 0 Å². The van der Waals surface area contributed by atoms with E-state index in [4.69, 9.17) is 0 Å².